The number of nitrogens with zero attached hydrogens (tertiary/aromatic N) is 5. The number of aryl methyl sites for hydroxylation is 1. The maximum atomic E-state index is 13.0. The quantitative estimate of drug-likeness (QED) is 0.424. The SMILES string of the molecule is CC(C)c1ccccc1-c1ncc2c(n1)N([C@H](C)c1ccc(-c3nccn3C)cc1)C(=O)C2. The molecule has 6 nitrogen and oxygen atoms in total. The van der Waals surface area contributed by atoms with Crippen LogP contribution in [0.5, 0.6) is 0 Å². The van der Waals surface area contributed by atoms with E-state index in [4.69, 9.17) is 4.98 Å². The van der Waals surface area contributed by atoms with Gasteiger partial charge in [0.05, 0.1) is 12.5 Å². The number of anilines is 1. The Labute approximate surface area is 194 Å². The number of hydrogen-bond donors (Lipinski definition) is 0. The molecular weight excluding hydrogens is 410 g/mol. The van der Waals surface area contributed by atoms with Gasteiger partial charge < -0.3 is 4.57 Å². The molecule has 6 heteroatoms. The minimum absolute atomic E-state index is 0.0503. The summed E-state index contributed by atoms with van der Waals surface area (Å²) in [5.41, 5.74) is 5.19. The highest BCUT2D eigenvalue weighted by molar-refractivity contribution is 6.01. The number of carbonyl (C=O) groups is 1. The molecule has 0 fully saturated rings. The Kier molecular flexibility index (Phi) is 5.29. The molecule has 0 saturated heterocycles. The van der Waals surface area contributed by atoms with Crippen molar-refractivity contribution in [3.8, 4) is 22.8 Å². The Bertz CT molecular complexity index is 1320. The molecule has 1 atom stereocenters. The third-order valence-electron chi connectivity index (χ3n) is 6.36. The van der Waals surface area contributed by atoms with Crippen LogP contribution in [0, 0.1) is 0 Å². The molecule has 1 aliphatic rings. The third kappa shape index (κ3) is 3.71. The summed E-state index contributed by atoms with van der Waals surface area (Å²) in [7, 11) is 1.98. The molecule has 0 saturated carbocycles. The number of hydrogen-bond acceptors (Lipinski definition) is 4. The molecule has 4 aromatic rings. The van der Waals surface area contributed by atoms with Crippen LogP contribution in [0.25, 0.3) is 22.8 Å². The van der Waals surface area contributed by atoms with Crippen LogP contribution >= 0.6 is 0 Å². The van der Waals surface area contributed by atoms with Crippen LogP contribution in [0.15, 0.2) is 67.1 Å². The van der Waals surface area contributed by atoms with E-state index < -0.39 is 0 Å². The molecule has 1 aliphatic heterocycles. The van der Waals surface area contributed by atoms with Crippen molar-refractivity contribution in [2.45, 2.75) is 39.2 Å². The normalized spacial score (nSPS) is 14.1. The summed E-state index contributed by atoms with van der Waals surface area (Å²) < 4.78 is 1.99. The molecular formula is C27H27N5O. The minimum Gasteiger partial charge on any atom is -0.334 e. The van der Waals surface area contributed by atoms with Gasteiger partial charge in [-0.25, -0.2) is 15.0 Å². The predicted octanol–water partition coefficient (Wildman–Crippen LogP) is 5.32. The van der Waals surface area contributed by atoms with Gasteiger partial charge in [-0.1, -0.05) is 62.4 Å². The fraction of sp³-hybridized carbons (Fsp3) is 0.259. The lowest BCUT2D eigenvalue weighted by molar-refractivity contribution is -0.117. The molecule has 3 heterocycles. The van der Waals surface area contributed by atoms with Crippen molar-refractivity contribution in [2.24, 2.45) is 7.05 Å². The standard InChI is InChI=1S/C27H27N5O/c1-17(2)22-7-5-6-8-23(22)25-29-16-21-15-24(33)32(27(21)30-25)18(3)19-9-11-20(12-10-19)26-28-13-14-31(26)4/h5-14,16-18H,15H2,1-4H3/t18-/m1/s1. The van der Waals surface area contributed by atoms with E-state index in [0.717, 1.165) is 28.1 Å². The summed E-state index contributed by atoms with van der Waals surface area (Å²) >= 11 is 0. The number of carbonyl (C=O) groups excluding carboxylic acids is 1. The summed E-state index contributed by atoms with van der Waals surface area (Å²) in [4.78, 5) is 28.8. The van der Waals surface area contributed by atoms with E-state index in [1.165, 1.54) is 5.56 Å². The maximum absolute atomic E-state index is 13.0. The number of rotatable bonds is 5. The zero-order chi connectivity index (χ0) is 23.1. The first-order valence-corrected chi connectivity index (χ1v) is 11.3. The number of imidazole rings is 1. The summed E-state index contributed by atoms with van der Waals surface area (Å²) in [6, 6.07) is 16.3. The van der Waals surface area contributed by atoms with Crippen molar-refractivity contribution in [3.05, 3.63) is 83.8 Å². The largest absolute Gasteiger partial charge is 0.334 e. The van der Waals surface area contributed by atoms with Gasteiger partial charge in [-0.2, -0.15) is 0 Å². The van der Waals surface area contributed by atoms with Crippen LogP contribution in [0.3, 0.4) is 0 Å². The van der Waals surface area contributed by atoms with Gasteiger partial charge in [-0.15, -0.1) is 0 Å². The van der Waals surface area contributed by atoms with E-state index in [1.807, 2.05) is 48.0 Å². The number of fused-ring (bicyclic) bond motifs is 1. The lowest BCUT2D eigenvalue weighted by Gasteiger charge is -2.25. The first-order valence-electron chi connectivity index (χ1n) is 11.3. The first-order chi connectivity index (χ1) is 15.9. The van der Waals surface area contributed by atoms with Crippen molar-refractivity contribution >= 4 is 11.7 Å². The molecule has 0 unspecified atom stereocenters. The lowest BCUT2D eigenvalue weighted by Crippen LogP contribution is -2.30. The first kappa shape index (κ1) is 21.1. The van der Waals surface area contributed by atoms with Gasteiger partial charge in [0.25, 0.3) is 0 Å². The molecule has 0 aliphatic carbocycles. The van der Waals surface area contributed by atoms with Crippen molar-refractivity contribution in [2.75, 3.05) is 4.90 Å². The average Bonchev–Trinajstić information content (AvgIpc) is 3.40. The molecule has 33 heavy (non-hydrogen) atoms. The number of aromatic nitrogens is 4. The van der Waals surface area contributed by atoms with Gasteiger partial charge in [0.15, 0.2) is 5.82 Å². The lowest BCUT2D eigenvalue weighted by atomic mass is 9.97. The van der Waals surface area contributed by atoms with Crippen LogP contribution in [0.2, 0.25) is 0 Å². The molecule has 5 rings (SSSR count). The highest BCUT2D eigenvalue weighted by Crippen LogP contribution is 2.36. The monoisotopic (exact) mass is 437 g/mol. The zero-order valence-electron chi connectivity index (χ0n) is 19.4. The maximum Gasteiger partial charge on any atom is 0.233 e. The van der Waals surface area contributed by atoms with Crippen LogP contribution in [-0.4, -0.2) is 25.4 Å². The molecule has 0 bridgehead atoms. The predicted molar refractivity (Wildman–Crippen MR) is 130 cm³/mol. The summed E-state index contributed by atoms with van der Waals surface area (Å²) in [6.07, 6.45) is 5.86. The molecule has 166 valence electrons. The van der Waals surface area contributed by atoms with Crippen molar-refractivity contribution in [1.29, 1.82) is 0 Å². The Balaban J connectivity index is 1.49. The number of benzene rings is 2. The Morgan fingerprint density at radius 3 is 2.42 bits per heavy atom. The van der Waals surface area contributed by atoms with E-state index in [1.54, 1.807) is 6.20 Å². The Morgan fingerprint density at radius 2 is 1.73 bits per heavy atom. The summed E-state index contributed by atoms with van der Waals surface area (Å²) in [5.74, 6) is 2.69. The van der Waals surface area contributed by atoms with Gasteiger partial charge in [0, 0.05) is 42.3 Å². The van der Waals surface area contributed by atoms with Crippen LogP contribution < -0.4 is 4.90 Å². The second-order valence-electron chi connectivity index (χ2n) is 8.88. The van der Waals surface area contributed by atoms with Crippen LogP contribution in [-0.2, 0) is 18.3 Å². The van der Waals surface area contributed by atoms with Crippen molar-refractivity contribution in [3.63, 3.8) is 0 Å². The highest BCUT2D eigenvalue weighted by Gasteiger charge is 2.34. The van der Waals surface area contributed by atoms with E-state index in [2.05, 4.69) is 60.2 Å². The highest BCUT2D eigenvalue weighted by atomic mass is 16.2. The minimum atomic E-state index is -0.141. The van der Waals surface area contributed by atoms with Crippen LogP contribution in [0.1, 0.15) is 49.4 Å². The van der Waals surface area contributed by atoms with E-state index in [0.29, 0.717) is 24.0 Å². The molecule has 1 amide bonds. The molecule has 0 spiro atoms. The van der Waals surface area contributed by atoms with E-state index in [9.17, 15) is 4.79 Å². The molecule has 2 aromatic heterocycles. The second-order valence-corrected chi connectivity index (χ2v) is 8.88. The van der Waals surface area contributed by atoms with Gasteiger partial charge in [0.2, 0.25) is 5.91 Å². The average molecular weight is 438 g/mol. The zero-order valence-corrected chi connectivity index (χ0v) is 19.4. The fourth-order valence-corrected chi connectivity index (χ4v) is 4.53. The van der Waals surface area contributed by atoms with E-state index in [-0.39, 0.29) is 11.9 Å². The smallest absolute Gasteiger partial charge is 0.233 e. The Morgan fingerprint density at radius 1 is 0.970 bits per heavy atom. The Hall–Kier alpha value is -3.80. The molecule has 2 aromatic carbocycles. The van der Waals surface area contributed by atoms with Crippen LogP contribution in [0.4, 0.5) is 5.82 Å². The van der Waals surface area contributed by atoms with E-state index >= 15 is 0 Å². The van der Waals surface area contributed by atoms with Gasteiger partial charge in [-0.05, 0) is 24.0 Å². The molecule has 0 N–H and O–H groups in total. The summed E-state index contributed by atoms with van der Waals surface area (Å²) in [6.45, 7) is 6.38. The summed E-state index contributed by atoms with van der Waals surface area (Å²) in [5, 5.41) is 0. The fourth-order valence-electron chi connectivity index (χ4n) is 4.53. The van der Waals surface area contributed by atoms with Gasteiger partial charge >= 0.3 is 0 Å². The number of amides is 1. The van der Waals surface area contributed by atoms with Gasteiger partial charge in [0.1, 0.15) is 11.6 Å². The molecule has 0 radical (unpaired) electrons. The second kappa shape index (κ2) is 8.28. The van der Waals surface area contributed by atoms with Crippen molar-refractivity contribution < 1.29 is 4.79 Å². The topological polar surface area (TPSA) is 63.9 Å². The third-order valence-corrected chi connectivity index (χ3v) is 6.36. The van der Waals surface area contributed by atoms with Crippen molar-refractivity contribution in [1.82, 2.24) is 19.5 Å². The van der Waals surface area contributed by atoms with Gasteiger partial charge in [-0.3, -0.25) is 9.69 Å².